The fourth-order valence-electron chi connectivity index (χ4n) is 2.58. The molecule has 132 valence electrons. The monoisotopic (exact) mass is 385 g/mol. The Morgan fingerprint density at radius 3 is 2.96 bits per heavy atom. The molecule has 1 amide bonds. The third-order valence-electron chi connectivity index (χ3n) is 3.83. The van der Waals surface area contributed by atoms with Gasteiger partial charge in [0.25, 0.3) is 5.91 Å². The first-order valence-corrected chi connectivity index (χ1v) is 9.59. The summed E-state index contributed by atoms with van der Waals surface area (Å²) in [6.07, 6.45) is 4.86. The Kier molecular flexibility index (Phi) is 4.63. The minimum atomic E-state index is -0.127. The molecule has 0 atom stereocenters. The Morgan fingerprint density at radius 1 is 1.27 bits per heavy atom. The summed E-state index contributed by atoms with van der Waals surface area (Å²) in [5, 5.41) is 9.80. The van der Waals surface area contributed by atoms with Crippen molar-refractivity contribution in [1.29, 1.82) is 0 Å². The zero-order valence-corrected chi connectivity index (χ0v) is 15.5. The van der Waals surface area contributed by atoms with Crippen molar-refractivity contribution in [3.8, 4) is 0 Å². The first-order valence-electron chi connectivity index (χ1n) is 7.89. The molecule has 0 saturated carbocycles. The van der Waals surface area contributed by atoms with Crippen molar-refractivity contribution in [1.82, 2.24) is 20.3 Å². The molecule has 0 radical (unpaired) electrons. The normalized spacial score (nSPS) is 11.0. The maximum absolute atomic E-state index is 12.6. The van der Waals surface area contributed by atoms with Gasteiger partial charge >= 0.3 is 0 Å². The number of fused-ring (bicyclic) bond motifs is 1. The number of aryl methyl sites for hydroxylation is 1. The van der Waals surface area contributed by atoms with Gasteiger partial charge in [-0.25, -0.2) is 15.0 Å². The second-order valence-corrected chi connectivity index (χ2v) is 7.48. The van der Waals surface area contributed by atoms with Crippen LogP contribution < -0.4 is 10.6 Å². The van der Waals surface area contributed by atoms with E-state index in [4.69, 9.17) is 4.42 Å². The van der Waals surface area contributed by atoms with Crippen LogP contribution in [0.3, 0.4) is 0 Å². The molecule has 0 spiro atoms. The van der Waals surface area contributed by atoms with Gasteiger partial charge < -0.3 is 15.1 Å². The first-order chi connectivity index (χ1) is 12.7. The summed E-state index contributed by atoms with van der Waals surface area (Å²) in [5.41, 5.74) is 0.865. The number of aromatic nitrogens is 3. The van der Waals surface area contributed by atoms with Crippen LogP contribution in [0, 0.1) is 6.92 Å². The number of rotatable bonds is 6. The number of nitrogens with one attached hydrogen (secondary N) is 2. The van der Waals surface area contributed by atoms with Gasteiger partial charge in [-0.2, -0.15) is 0 Å². The maximum atomic E-state index is 12.6. The number of thiazole rings is 1. The number of hydrogen-bond donors (Lipinski definition) is 2. The van der Waals surface area contributed by atoms with Crippen molar-refractivity contribution in [2.75, 3.05) is 5.32 Å². The van der Waals surface area contributed by atoms with Crippen molar-refractivity contribution < 1.29 is 9.21 Å². The number of carbonyl (C=O) groups excluding carboxylic acids is 1. The van der Waals surface area contributed by atoms with E-state index in [1.165, 1.54) is 29.0 Å². The molecule has 26 heavy (non-hydrogen) atoms. The Labute approximate surface area is 157 Å². The Morgan fingerprint density at radius 2 is 2.19 bits per heavy atom. The molecule has 7 nitrogen and oxygen atoms in total. The van der Waals surface area contributed by atoms with Crippen LogP contribution in [0.2, 0.25) is 0 Å². The SMILES string of the molecule is Cc1c(C(=O)NCc2nccs2)sc2ncnc(NCc3ccco3)c12. The number of carbonyl (C=O) groups is 1. The van der Waals surface area contributed by atoms with Crippen molar-refractivity contribution in [2.24, 2.45) is 0 Å². The quantitative estimate of drug-likeness (QED) is 0.527. The molecule has 0 bridgehead atoms. The average Bonchev–Trinajstić information content (AvgIpc) is 3.40. The van der Waals surface area contributed by atoms with Crippen LogP contribution >= 0.6 is 22.7 Å². The van der Waals surface area contributed by atoms with Gasteiger partial charge in [-0.15, -0.1) is 22.7 Å². The third-order valence-corrected chi connectivity index (χ3v) is 5.81. The van der Waals surface area contributed by atoms with E-state index in [-0.39, 0.29) is 5.91 Å². The highest BCUT2D eigenvalue weighted by atomic mass is 32.1. The van der Waals surface area contributed by atoms with Crippen LogP contribution in [-0.2, 0) is 13.1 Å². The standard InChI is InChI=1S/C17H15N5O2S2/c1-10-13-15(19-7-11-3-2-5-24-11)21-9-22-17(13)26-14(10)16(23)20-8-12-18-4-6-25-12/h2-6,9H,7-8H2,1H3,(H,20,23)(H,19,21,22). The first kappa shape index (κ1) is 16.7. The van der Waals surface area contributed by atoms with Crippen LogP contribution in [0.25, 0.3) is 10.2 Å². The maximum Gasteiger partial charge on any atom is 0.262 e. The number of anilines is 1. The lowest BCUT2D eigenvalue weighted by atomic mass is 10.2. The molecule has 4 heterocycles. The van der Waals surface area contributed by atoms with E-state index in [0.29, 0.717) is 23.8 Å². The summed E-state index contributed by atoms with van der Waals surface area (Å²) in [4.78, 5) is 26.8. The molecule has 0 unspecified atom stereocenters. The van der Waals surface area contributed by atoms with E-state index in [0.717, 1.165) is 26.5 Å². The molecule has 9 heteroatoms. The van der Waals surface area contributed by atoms with Gasteiger partial charge in [0.15, 0.2) is 0 Å². The number of thiophene rings is 1. The number of nitrogens with zero attached hydrogens (tertiary/aromatic N) is 3. The topological polar surface area (TPSA) is 92.9 Å². The van der Waals surface area contributed by atoms with Gasteiger partial charge in [-0.05, 0) is 24.6 Å². The zero-order valence-electron chi connectivity index (χ0n) is 13.9. The number of furan rings is 1. The molecule has 4 rings (SSSR count). The van der Waals surface area contributed by atoms with Crippen molar-refractivity contribution in [3.63, 3.8) is 0 Å². The summed E-state index contributed by atoms with van der Waals surface area (Å²) in [6.45, 7) is 2.85. The lowest BCUT2D eigenvalue weighted by Gasteiger charge is -2.06. The van der Waals surface area contributed by atoms with Crippen LogP contribution in [0.5, 0.6) is 0 Å². The van der Waals surface area contributed by atoms with Gasteiger partial charge in [0, 0.05) is 11.6 Å². The van der Waals surface area contributed by atoms with Gasteiger partial charge in [0.1, 0.15) is 27.7 Å². The van der Waals surface area contributed by atoms with E-state index in [9.17, 15) is 4.79 Å². The predicted octanol–water partition coefficient (Wildman–Crippen LogP) is 3.59. The number of hydrogen-bond acceptors (Lipinski definition) is 8. The highest BCUT2D eigenvalue weighted by Gasteiger charge is 2.19. The Balaban J connectivity index is 1.57. The largest absolute Gasteiger partial charge is 0.467 e. The van der Waals surface area contributed by atoms with Crippen LogP contribution in [-0.4, -0.2) is 20.9 Å². The predicted molar refractivity (Wildman–Crippen MR) is 101 cm³/mol. The lowest BCUT2D eigenvalue weighted by molar-refractivity contribution is 0.0954. The lowest BCUT2D eigenvalue weighted by Crippen LogP contribution is -2.22. The van der Waals surface area contributed by atoms with Crippen molar-refractivity contribution in [3.05, 3.63) is 57.5 Å². The van der Waals surface area contributed by atoms with Crippen molar-refractivity contribution in [2.45, 2.75) is 20.0 Å². The minimum Gasteiger partial charge on any atom is -0.467 e. The number of amides is 1. The highest BCUT2D eigenvalue weighted by Crippen LogP contribution is 2.33. The molecular formula is C17H15N5O2S2. The van der Waals surface area contributed by atoms with E-state index in [2.05, 4.69) is 25.6 Å². The van der Waals surface area contributed by atoms with Crippen molar-refractivity contribution >= 4 is 44.6 Å². The molecule has 4 aromatic heterocycles. The summed E-state index contributed by atoms with van der Waals surface area (Å²) >= 11 is 2.88. The molecule has 2 N–H and O–H groups in total. The minimum absolute atomic E-state index is 0.127. The van der Waals surface area contributed by atoms with Gasteiger partial charge in [-0.3, -0.25) is 4.79 Å². The summed E-state index contributed by atoms with van der Waals surface area (Å²) in [6, 6.07) is 3.73. The molecule has 0 aliphatic rings. The molecule has 0 fully saturated rings. The molecular weight excluding hydrogens is 370 g/mol. The molecule has 0 aliphatic heterocycles. The smallest absolute Gasteiger partial charge is 0.262 e. The summed E-state index contributed by atoms with van der Waals surface area (Å²) < 4.78 is 5.34. The van der Waals surface area contributed by atoms with E-state index < -0.39 is 0 Å². The third kappa shape index (κ3) is 3.31. The second-order valence-electron chi connectivity index (χ2n) is 5.50. The molecule has 0 saturated heterocycles. The summed E-state index contributed by atoms with van der Waals surface area (Å²) in [5.74, 6) is 1.38. The van der Waals surface area contributed by atoms with E-state index in [1.807, 2.05) is 24.4 Å². The van der Waals surface area contributed by atoms with E-state index in [1.54, 1.807) is 12.5 Å². The fraction of sp³-hybridized carbons (Fsp3) is 0.176. The Hall–Kier alpha value is -2.78. The van der Waals surface area contributed by atoms with Gasteiger partial charge in [-0.1, -0.05) is 0 Å². The zero-order chi connectivity index (χ0) is 17.9. The summed E-state index contributed by atoms with van der Waals surface area (Å²) in [7, 11) is 0. The Bertz CT molecular complexity index is 1030. The van der Waals surface area contributed by atoms with E-state index >= 15 is 0 Å². The second kappa shape index (κ2) is 7.22. The fourth-order valence-corrected chi connectivity index (χ4v) is 4.20. The molecule has 0 aliphatic carbocycles. The van der Waals surface area contributed by atoms with Crippen LogP contribution in [0.15, 0.2) is 40.7 Å². The van der Waals surface area contributed by atoms with Gasteiger partial charge in [0.2, 0.25) is 0 Å². The van der Waals surface area contributed by atoms with Gasteiger partial charge in [0.05, 0.1) is 29.6 Å². The molecule has 4 aromatic rings. The molecule has 0 aromatic carbocycles. The average molecular weight is 385 g/mol. The van der Waals surface area contributed by atoms with Crippen LogP contribution in [0.1, 0.15) is 26.0 Å². The van der Waals surface area contributed by atoms with Crippen LogP contribution in [0.4, 0.5) is 5.82 Å². The highest BCUT2D eigenvalue weighted by molar-refractivity contribution is 7.20.